The van der Waals surface area contributed by atoms with Gasteiger partial charge >= 0.3 is 0 Å². The van der Waals surface area contributed by atoms with Crippen molar-refractivity contribution in [3.63, 3.8) is 0 Å². The van der Waals surface area contributed by atoms with Crippen LogP contribution in [0, 0.1) is 0 Å². The molecule has 0 radical (unpaired) electrons. The minimum atomic E-state index is -3.62. The Kier molecular flexibility index (Phi) is 5.79. The summed E-state index contributed by atoms with van der Waals surface area (Å²) in [6.07, 6.45) is 2.96. The summed E-state index contributed by atoms with van der Waals surface area (Å²) in [5.41, 5.74) is -0.500. The summed E-state index contributed by atoms with van der Waals surface area (Å²) in [6.45, 7) is 8.31. The van der Waals surface area contributed by atoms with Gasteiger partial charge in [0.2, 0.25) is 10.0 Å². The highest BCUT2D eigenvalue weighted by molar-refractivity contribution is 7.89. The lowest BCUT2D eigenvalue weighted by Crippen LogP contribution is -2.43. The predicted molar refractivity (Wildman–Crippen MR) is 82.7 cm³/mol. The number of sulfonamides is 1. The highest BCUT2D eigenvalue weighted by atomic mass is 35.5. The SMILES string of the molecule is CCCC(C)(C)NS(=O)(=O)c1cnc(NCC)c(Cl)c1. The lowest BCUT2D eigenvalue weighted by Gasteiger charge is -2.25. The standard InChI is InChI=1S/C13H22ClN3O2S/c1-5-7-13(3,4)17-20(18,19)10-8-11(14)12(15-6-2)16-9-10/h8-9,17H,5-7H2,1-4H3,(H,15,16). The van der Waals surface area contributed by atoms with Gasteiger partial charge < -0.3 is 5.32 Å². The van der Waals surface area contributed by atoms with E-state index < -0.39 is 15.6 Å². The second-order valence-electron chi connectivity index (χ2n) is 5.27. The molecule has 1 rings (SSSR count). The number of anilines is 1. The molecule has 0 fully saturated rings. The van der Waals surface area contributed by atoms with Crippen molar-refractivity contribution in [2.75, 3.05) is 11.9 Å². The molecule has 2 N–H and O–H groups in total. The first-order chi connectivity index (χ1) is 9.22. The summed E-state index contributed by atoms with van der Waals surface area (Å²) in [5.74, 6) is 0.487. The van der Waals surface area contributed by atoms with Gasteiger partial charge in [0.15, 0.2) is 0 Å². The number of nitrogens with one attached hydrogen (secondary N) is 2. The van der Waals surface area contributed by atoms with E-state index in [1.54, 1.807) is 0 Å². The van der Waals surface area contributed by atoms with Crippen LogP contribution in [0.1, 0.15) is 40.5 Å². The van der Waals surface area contributed by atoms with Crippen LogP contribution in [0.2, 0.25) is 5.02 Å². The first-order valence-electron chi connectivity index (χ1n) is 6.65. The molecule has 0 aliphatic heterocycles. The van der Waals surface area contributed by atoms with Crippen molar-refractivity contribution in [1.82, 2.24) is 9.71 Å². The van der Waals surface area contributed by atoms with Gasteiger partial charge in [-0.15, -0.1) is 0 Å². The lowest BCUT2D eigenvalue weighted by atomic mass is 10.0. The zero-order valence-corrected chi connectivity index (χ0v) is 13.9. The van der Waals surface area contributed by atoms with Gasteiger partial charge in [-0.25, -0.2) is 18.1 Å². The van der Waals surface area contributed by atoms with Crippen LogP contribution in [0.25, 0.3) is 0 Å². The first kappa shape index (κ1) is 17.2. The van der Waals surface area contributed by atoms with Crippen LogP contribution in [0.15, 0.2) is 17.2 Å². The fourth-order valence-electron chi connectivity index (χ4n) is 1.96. The molecule has 0 unspecified atom stereocenters. The van der Waals surface area contributed by atoms with Gasteiger partial charge in [-0.2, -0.15) is 0 Å². The van der Waals surface area contributed by atoms with Crippen LogP contribution in [0.4, 0.5) is 5.82 Å². The predicted octanol–water partition coefficient (Wildman–Crippen LogP) is 3.02. The minimum Gasteiger partial charge on any atom is -0.369 e. The molecule has 7 heteroatoms. The number of halogens is 1. The Morgan fingerprint density at radius 3 is 2.50 bits per heavy atom. The first-order valence-corrected chi connectivity index (χ1v) is 8.51. The highest BCUT2D eigenvalue weighted by Crippen LogP contribution is 2.23. The smallest absolute Gasteiger partial charge is 0.242 e. The molecule has 0 amide bonds. The maximum atomic E-state index is 12.3. The monoisotopic (exact) mass is 319 g/mol. The number of aromatic nitrogens is 1. The maximum absolute atomic E-state index is 12.3. The van der Waals surface area contributed by atoms with E-state index in [0.717, 1.165) is 12.8 Å². The number of nitrogens with zero attached hydrogens (tertiary/aromatic N) is 1. The van der Waals surface area contributed by atoms with E-state index in [1.165, 1.54) is 12.3 Å². The minimum absolute atomic E-state index is 0.0772. The molecule has 0 aliphatic carbocycles. The summed E-state index contributed by atoms with van der Waals surface area (Å²) in [6, 6.07) is 1.41. The number of pyridine rings is 1. The number of rotatable bonds is 7. The molecule has 0 spiro atoms. The van der Waals surface area contributed by atoms with Crippen LogP contribution in [0.3, 0.4) is 0 Å². The summed E-state index contributed by atoms with van der Waals surface area (Å²) in [4.78, 5) is 4.13. The second-order valence-corrected chi connectivity index (χ2v) is 7.36. The number of hydrogen-bond donors (Lipinski definition) is 2. The third-order valence-corrected chi connectivity index (χ3v) is 4.71. The van der Waals surface area contributed by atoms with E-state index in [0.29, 0.717) is 17.4 Å². The third kappa shape index (κ3) is 4.61. The summed E-state index contributed by atoms with van der Waals surface area (Å²) in [7, 11) is -3.62. The fraction of sp³-hybridized carbons (Fsp3) is 0.615. The third-order valence-electron chi connectivity index (χ3n) is 2.76. The number of hydrogen-bond acceptors (Lipinski definition) is 4. The molecule has 0 saturated carbocycles. The van der Waals surface area contributed by atoms with Gasteiger partial charge in [-0.05, 0) is 33.3 Å². The summed E-state index contributed by atoms with van der Waals surface area (Å²) >= 11 is 6.03. The quantitative estimate of drug-likeness (QED) is 0.810. The molecule has 0 aliphatic rings. The summed E-state index contributed by atoms with van der Waals surface area (Å²) in [5, 5.41) is 3.26. The molecule has 5 nitrogen and oxygen atoms in total. The Hall–Kier alpha value is -0.850. The molecule has 0 saturated heterocycles. The Morgan fingerprint density at radius 2 is 2.00 bits per heavy atom. The average Bonchev–Trinajstić information content (AvgIpc) is 2.30. The zero-order valence-electron chi connectivity index (χ0n) is 12.3. The van der Waals surface area contributed by atoms with Crippen LogP contribution in [-0.2, 0) is 10.0 Å². The second kappa shape index (κ2) is 6.74. The Morgan fingerprint density at radius 1 is 1.35 bits per heavy atom. The molecule has 0 aromatic carbocycles. The van der Waals surface area contributed by atoms with Crippen molar-refractivity contribution in [2.45, 2.75) is 51.0 Å². The molecule has 0 bridgehead atoms. The van der Waals surface area contributed by atoms with E-state index in [4.69, 9.17) is 11.6 Å². The average molecular weight is 320 g/mol. The van der Waals surface area contributed by atoms with Gasteiger partial charge in [-0.1, -0.05) is 24.9 Å². The molecular weight excluding hydrogens is 298 g/mol. The zero-order chi connectivity index (χ0) is 15.4. The normalized spacial score (nSPS) is 12.4. The Bertz CT molecular complexity index is 559. The molecule has 1 heterocycles. The fourth-order valence-corrected chi connectivity index (χ4v) is 3.67. The summed E-state index contributed by atoms with van der Waals surface area (Å²) < 4.78 is 27.3. The Labute approximate surface area is 126 Å². The molecular formula is C13H22ClN3O2S. The van der Waals surface area contributed by atoms with Gasteiger partial charge in [0.05, 0.1) is 5.02 Å². The van der Waals surface area contributed by atoms with Crippen molar-refractivity contribution in [3.8, 4) is 0 Å². The topological polar surface area (TPSA) is 71.1 Å². The van der Waals surface area contributed by atoms with E-state index in [9.17, 15) is 8.42 Å². The van der Waals surface area contributed by atoms with Gasteiger partial charge in [-0.3, -0.25) is 0 Å². The molecule has 0 atom stereocenters. The van der Waals surface area contributed by atoms with Crippen LogP contribution in [0.5, 0.6) is 0 Å². The van der Waals surface area contributed by atoms with Crippen molar-refractivity contribution in [1.29, 1.82) is 0 Å². The van der Waals surface area contributed by atoms with Crippen molar-refractivity contribution < 1.29 is 8.42 Å². The van der Waals surface area contributed by atoms with Crippen molar-refractivity contribution in [2.24, 2.45) is 0 Å². The largest absolute Gasteiger partial charge is 0.369 e. The van der Waals surface area contributed by atoms with E-state index >= 15 is 0 Å². The Balaban J connectivity index is 3.01. The van der Waals surface area contributed by atoms with Gasteiger partial charge in [0, 0.05) is 18.3 Å². The van der Waals surface area contributed by atoms with E-state index in [2.05, 4.69) is 15.0 Å². The van der Waals surface area contributed by atoms with Crippen LogP contribution >= 0.6 is 11.6 Å². The molecule has 114 valence electrons. The van der Waals surface area contributed by atoms with Gasteiger partial charge in [0.1, 0.15) is 10.7 Å². The van der Waals surface area contributed by atoms with Crippen LogP contribution < -0.4 is 10.0 Å². The van der Waals surface area contributed by atoms with E-state index in [1.807, 2.05) is 27.7 Å². The lowest BCUT2D eigenvalue weighted by molar-refractivity contribution is 0.417. The highest BCUT2D eigenvalue weighted by Gasteiger charge is 2.26. The molecule has 1 aromatic heterocycles. The molecule has 1 aromatic rings. The van der Waals surface area contributed by atoms with Crippen molar-refractivity contribution >= 4 is 27.4 Å². The van der Waals surface area contributed by atoms with Crippen LogP contribution in [-0.4, -0.2) is 25.5 Å². The van der Waals surface area contributed by atoms with E-state index in [-0.39, 0.29) is 4.90 Å². The van der Waals surface area contributed by atoms with Gasteiger partial charge in [0.25, 0.3) is 0 Å². The molecule has 20 heavy (non-hydrogen) atoms. The maximum Gasteiger partial charge on any atom is 0.242 e. The van der Waals surface area contributed by atoms with Crippen molar-refractivity contribution in [3.05, 3.63) is 17.3 Å².